The van der Waals surface area contributed by atoms with Crippen LogP contribution < -0.4 is 9.62 Å². The second-order valence-electron chi connectivity index (χ2n) is 6.51. The first-order valence-corrected chi connectivity index (χ1v) is 10.2. The first-order chi connectivity index (χ1) is 12.5. The van der Waals surface area contributed by atoms with E-state index in [1.165, 1.54) is 5.56 Å². The number of benzene rings is 3. The lowest BCUT2D eigenvalue weighted by atomic mass is 10.1. The molecule has 0 bridgehead atoms. The average molecular weight is 369 g/mol. The zero-order chi connectivity index (χ0) is 18.6. The van der Waals surface area contributed by atoms with Crippen molar-refractivity contribution in [2.45, 2.75) is 17.7 Å². The molecule has 4 nitrogen and oxygen atoms in total. The molecule has 0 radical (unpaired) electrons. The number of anilines is 1. The van der Waals surface area contributed by atoms with Crippen molar-refractivity contribution in [2.24, 2.45) is 0 Å². The minimum Gasteiger partial charge on any atom is -0.377 e. The van der Waals surface area contributed by atoms with Crippen LogP contribution in [0.3, 0.4) is 0 Å². The van der Waals surface area contributed by atoms with Gasteiger partial charge in [-0.15, -0.1) is 0 Å². The van der Waals surface area contributed by atoms with Gasteiger partial charge < -0.3 is 4.90 Å². The van der Waals surface area contributed by atoms with Crippen LogP contribution in [0.1, 0.15) is 12.0 Å². The number of aryl methyl sites for hydroxylation is 1. The van der Waals surface area contributed by atoms with Crippen molar-refractivity contribution < 1.29 is 8.42 Å². The van der Waals surface area contributed by atoms with E-state index in [4.69, 9.17) is 0 Å². The molecule has 0 aromatic heterocycles. The number of nitrogens with one attached hydrogen (secondary N) is 1. The average Bonchev–Trinajstić information content (AvgIpc) is 2.65. The Balaban J connectivity index is 1.78. The quantitative estimate of drug-likeness (QED) is 0.645. The molecule has 3 aromatic rings. The second-order valence-corrected chi connectivity index (χ2v) is 8.25. The molecule has 136 valence electrons. The Kier molecular flexibility index (Phi) is 5.59. The van der Waals surface area contributed by atoms with E-state index in [1.54, 1.807) is 12.1 Å². The Morgan fingerprint density at radius 1 is 0.846 bits per heavy atom. The van der Waals surface area contributed by atoms with Crippen molar-refractivity contribution in [1.29, 1.82) is 0 Å². The fourth-order valence-corrected chi connectivity index (χ4v) is 4.40. The number of rotatable bonds is 7. The molecule has 5 heteroatoms. The van der Waals surface area contributed by atoms with Crippen molar-refractivity contribution in [3.05, 3.63) is 72.3 Å². The standard InChI is InChI=1S/C21H24N2O2S/c1-23(2)20-14-6-13-19-18(20)12-7-15-21(19)26(24,25)22-16-8-11-17-9-4-3-5-10-17/h3-7,9-10,12-15,22H,8,11,16H2,1-2H3. The summed E-state index contributed by atoms with van der Waals surface area (Å²) in [6.07, 6.45) is 1.61. The third kappa shape index (κ3) is 4.06. The van der Waals surface area contributed by atoms with E-state index in [-0.39, 0.29) is 0 Å². The van der Waals surface area contributed by atoms with Gasteiger partial charge in [0.15, 0.2) is 0 Å². The van der Waals surface area contributed by atoms with Gasteiger partial charge in [0.2, 0.25) is 10.0 Å². The molecule has 0 unspecified atom stereocenters. The fourth-order valence-electron chi connectivity index (χ4n) is 3.11. The van der Waals surface area contributed by atoms with Gasteiger partial charge in [-0.3, -0.25) is 0 Å². The van der Waals surface area contributed by atoms with Gasteiger partial charge in [0, 0.05) is 37.1 Å². The zero-order valence-electron chi connectivity index (χ0n) is 15.1. The maximum absolute atomic E-state index is 12.8. The summed E-state index contributed by atoms with van der Waals surface area (Å²) >= 11 is 0. The predicted molar refractivity (Wildman–Crippen MR) is 108 cm³/mol. The van der Waals surface area contributed by atoms with Crippen LogP contribution >= 0.6 is 0 Å². The molecule has 0 saturated heterocycles. The van der Waals surface area contributed by atoms with Crippen molar-refractivity contribution >= 4 is 26.5 Å². The summed E-state index contributed by atoms with van der Waals surface area (Å²) in [5.74, 6) is 0. The summed E-state index contributed by atoms with van der Waals surface area (Å²) in [7, 11) is 0.360. The maximum atomic E-state index is 12.8. The lowest BCUT2D eigenvalue weighted by molar-refractivity contribution is 0.580. The van der Waals surface area contributed by atoms with E-state index in [9.17, 15) is 8.42 Å². The first kappa shape index (κ1) is 18.4. The van der Waals surface area contributed by atoms with Crippen molar-refractivity contribution in [3.8, 4) is 0 Å². The molecule has 0 saturated carbocycles. The zero-order valence-corrected chi connectivity index (χ0v) is 16.0. The first-order valence-electron chi connectivity index (χ1n) is 8.72. The van der Waals surface area contributed by atoms with Gasteiger partial charge in [0.05, 0.1) is 4.90 Å². The topological polar surface area (TPSA) is 49.4 Å². The van der Waals surface area contributed by atoms with Crippen LogP contribution in [-0.4, -0.2) is 29.1 Å². The second kappa shape index (κ2) is 7.89. The Hall–Kier alpha value is -2.37. The summed E-state index contributed by atoms with van der Waals surface area (Å²) in [5, 5.41) is 1.68. The highest BCUT2D eigenvalue weighted by molar-refractivity contribution is 7.89. The number of hydrogen-bond donors (Lipinski definition) is 1. The molecule has 3 rings (SSSR count). The molecule has 1 N–H and O–H groups in total. The summed E-state index contributed by atoms with van der Waals surface area (Å²) in [4.78, 5) is 2.32. The minimum atomic E-state index is -3.55. The van der Waals surface area contributed by atoms with Crippen LogP contribution in [0.5, 0.6) is 0 Å². The molecule has 3 aromatic carbocycles. The Morgan fingerprint density at radius 3 is 2.27 bits per heavy atom. The molecular formula is C21H24N2O2S. The highest BCUT2D eigenvalue weighted by Gasteiger charge is 2.17. The van der Waals surface area contributed by atoms with Gasteiger partial charge in [-0.1, -0.05) is 54.6 Å². The van der Waals surface area contributed by atoms with Gasteiger partial charge in [-0.2, -0.15) is 0 Å². The van der Waals surface area contributed by atoms with Gasteiger partial charge in [-0.05, 0) is 30.5 Å². The molecular weight excluding hydrogens is 344 g/mol. The van der Waals surface area contributed by atoms with Gasteiger partial charge >= 0.3 is 0 Å². The summed E-state index contributed by atoms with van der Waals surface area (Å²) in [5.41, 5.74) is 2.22. The molecule has 0 aliphatic rings. The van der Waals surface area contributed by atoms with Gasteiger partial charge in [0.1, 0.15) is 0 Å². The monoisotopic (exact) mass is 368 g/mol. The number of sulfonamides is 1. The van der Waals surface area contributed by atoms with Crippen LogP contribution in [-0.2, 0) is 16.4 Å². The third-order valence-corrected chi connectivity index (χ3v) is 5.93. The lowest BCUT2D eigenvalue weighted by Gasteiger charge is -2.17. The van der Waals surface area contributed by atoms with E-state index < -0.39 is 10.0 Å². The number of nitrogens with zero attached hydrogens (tertiary/aromatic N) is 1. The van der Waals surface area contributed by atoms with Gasteiger partial charge in [-0.25, -0.2) is 13.1 Å². The van der Waals surface area contributed by atoms with E-state index in [2.05, 4.69) is 16.9 Å². The Labute approximate surface area is 155 Å². The molecule has 0 aliphatic heterocycles. The van der Waals surface area contributed by atoms with Crippen molar-refractivity contribution in [2.75, 3.05) is 25.5 Å². The van der Waals surface area contributed by atoms with Crippen LogP contribution in [0.25, 0.3) is 10.8 Å². The molecule has 0 fully saturated rings. The normalized spacial score (nSPS) is 11.6. The highest BCUT2D eigenvalue weighted by atomic mass is 32.2. The smallest absolute Gasteiger partial charge is 0.241 e. The molecule has 0 atom stereocenters. The van der Waals surface area contributed by atoms with E-state index in [0.717, 1.165) is 29.3 Å². The maximum Gasteiger partial charge on any atom is 0.241 e. The van der Waals surface area contributed by atoms with Crippen molar-refractivity contribution in [3.63, 3.8) is 0 Å². The summed E-state index contributed by atoms with van der Waals surface area (Å²) < 4.78 is 28.4. The van der Waals surface area contributed by atoms with Crippen molar-refractivity contribution in [1.82, 2.24) is 4.72 Å². The SMILES string of the molecule is CN(C)c1cccc2c(S(=O)(=O)NCCCc3ccccc3)cccc12. The minimum absolute atomic E-state index is 0.332. The molecule has 0 amide bonds. The van der Waals surface area contributed by atoms with E-state index in [0.29, 0.717) is 11.4 Å². The Bertz CT molecular complexity index is 983. The van der Waals surface area contributed by atoms with Gasteiger partial charge in [0.25, 0.3) is 0 Å². The molecule has 26 heavy (non-hydrogen) atoms. The Morgan fingerprint density at radius 2 is 1.54 bits per heavy atom. The lowest BCUT2D eigenvalue weighted by Crippen LogP contribution is -2.25. The predicted octanol–water partition coefficient (Wildman–Crippen LogP) is 3.82. The summed E-state index contributed by atoms with van der Waals surface area (Å²) in [6.45, 7) is 0.418. The number of fused-ring (bicyclic) bond motifs is 1. The van der Waals surface area contributed by atoms with Crippen LogP contribution in [0.4, 0.5) is 5.69 Å². The fraction of sp³-hybridized carbons (Fsp3) is 0.238. The third-order valence-electron chi connectivity index (χ3n) is 4.41. The highest BCUT2D eigenvalue weighted by Crippen LogP contribution is 2.30. The largest absolute Gasteiger partial charge is 0.377 e. The number of hydrogen-bond acceptors (Lipinski definition) is 3. The molecule has 0 heterocycles. The molecule has 0 aliphatic carbocycles. The van der Waals surface area contributed by atoms with E-state index in [1.807, 2.05) is 61.5 Å². The van der Waals surface area contributed by atoms with E-state index >= 15 is 0 Å². The summed E-state index contributed by atoms with van der Waals surface area (Å²) in [6, 6.07) is 21.3. The van der Waals surface area contributed by atoms with Crippen LogP contribution in [0.15, 0.2) is 71.6 Å². The van der Waals surface area contributed by atoms with Crippen LogP contribution in [0, 0.1) is 0 Å². The molecule has 0 spiro atoms. The van der Waals surface area contributed by atoms with Crippen LogP contribution in [0.2, 0.25) is 0 Å².